The molecule has 0 unspecified atom stereocenters. The van der Waals surface area contributed by atoms with Gasteiger partial charge in [0.05, 0.1) is 10.6 Å². The fourth-order valence-corrected chi connectivity index (χ4v) is 2.58. The number of rotatable bonds is 5. The van der Waals surface area contributed by atoms with Gasteiger partial charge < -0.3 is 4.90 Å². The number of benzene rings is 1. The summed E-state index contributed by atoms with van der Waals surface area (Å²) in [5.74, 6) is -0.206. The molecule has 1 aromatic heterocycles. The van der Waals surface area contributed by atoms with E-state index in [0.29, 0.717) is 12.0 Å². The van der Waals surface area contributed by atoms with E-state index in [1.165, 1.54) is 24.3 Å². The zero-order chi connectivity index (χ0) is 17.0. The molecule has 1 heterocycles. The third-order valence-corrected chi connectivity index (χ3v) is 4.46. The van der Waals surface area contributed by atoms with Gasteiger partial charge >= 0.3 is 0 Å². The molecular weight excluding hydrogens is 316 g/mol. The van der Waals surface area contributed by atoms with Crippen molar-refractivity contribution < 1.29 is 13.2 Å². The Hall–Kier alpha value is -2.32. The molecule has 0 saturated carbocycles. The molecule has 2 rings (SSSR count). The van der Waals surface area contributed by atoms with Gasteiger partial charge in [0.15, 0.2) is 0 Å². The Morgan fingerprint density at radius 1 is 1.26 bits per heavy atom. The van der Waals surface area contributed by atoms with Gasteiger partial charge in [-0.25, -0.2) is 13.6 Å². The highest BCUT2D eigenvalue weighted by atomic mass is 32.2. The SMILES string of the molecule is C[C@H](Cc1cnccn1)N(C)C(=O)c1ccc(S(N)(=O)=O)cc1. The lowest BCUT2D eigenvalue weighted by Crippen LogP contribution is -2.36. The summed E-state index contributed by atoms with van der Waals surface area (Å²) in [6, 6.07) is 5.46. The van der Waals surface area contributed by atoms with Gasteiger partial charge in [0, 0.05) is 43.7 Å². The van der Waals surface area contributed by atoms with Crippen molar-refractivity contribution >= 4 is 15.9 Å². The van der Waals surface area contributed by atoms with Crippen molar-refractivity contribution in [3.63, 3.8) is 0 Å². The van der Waals surface area contributed by atoms with Crippen LogP contribution < -0.4 is 5.14 Å². The molecule has 1 atom stereocenters. The fraction of sp³-hybridized carbons (Fsp3) is 0.267. The van der Waals surface area contributed by atoms with Crippen LogP contribution in [-0.2, 0) is 16.4 Å². The Balaban J connectivity index is 2.10. The van der Waals surface area contributed by atoms with Gasteiger partial charge in [-0.2, -0.15) is 0 Å². The molecule has 0 bridgehead atoms. The number of nitrogens with zero attached hydrogens (tertiary/aromatic N) is 3. The van der Waals surface area contributed by atoms with Crippen LogP contribution in [0.3, 0.4) is 0 Å². The molecule has 0 radical (unpaired) electrons. The van der Waals surface area contributed by atoms with Gasteiger partial charge in [0.2, 0.25) is 10.0 Å². The lowest BCUT2D eigenvalue weighted by atomic mass is 10.1. The summed E-state index contributed by atoms with van der Waals surface area (Å²) in [6.07, 6.45) is 5.44. The Morgan fingerprint density at radius 2 is 1.91 bits per heavy atom. The summed E-state index contributed by atoms with van der Waals surface area (Å²) < 4.78 is 22.5. The molecule has 0 aliphatic rings. The van der Waals surface area contributed by atoms with Crippen molar-refractivity contribution in [3.8, 4) is 0 Å². The van der Waals surface area contributed by atoms with Crippen molar-refractivity contribution in [2.75, 3.05) is 7.05 Å². The highest BCUT2D eigenvalue weighted by Crippen LogP contribution is 2.13. The molecule has 2 aromatic rings. The number of hydrogen-bond acceptors (Lipinski definition) is 5. The van der Waals surface area contributed by atoms with E-state index in [-0.39, 0.29) is 16.8 Å². The zero-order valence-corrected chi connectivity index (χ0v) is 13.7. The van der Waals surface area contributed by atoms with E-state index in [1.807, 2.05) is 6.92 Å². The van der Waals surface area contributed by atoms with Gasteiger partial charge in [0.1, 0.15) is 0 Å². The minimum Gasteiger partial charge on any atom is -0.339 e. The lowest BCUT2D eigenvalue weighted by molar-refractivity contribution is 0.0742. The summed E-state index contributed by atoms with van der Waals surface area (Å²) in [5.41, 5.74) is 1.19. The highest BCUT2D eigenvalue weighted by molar-refractivity contribution is 7.89. The van der Waals surface area contributed by atoms with Gasteiger partial charge in [-0.1, -0.05) is 0 Å². The molecule has 0 spiro atoms. The summed E-state index contributed by atoms with van der Waals surface area (Å²) in [5, 5.41) is 5.04. The van der Waals surface area contributed by atoms with Gasteiger partial charge in [-0.05, 0) is 31.2 Å². The summed E-state index contributed by atoms with van der Waals surface area (Å²) in [6.45, 7) is 1.91. The molecule has 23 heavy (non-hydrogen) atoms. The molecule has 0 saturated heterocycles. The first kappa shape index (κ1) is 17.0. The van der Waals surface area contributed by atoms with Crippen molar-refractivity contribution in [1.82, 2.24) is 14.9 Å². The predicted octanol–water partition coefficient (Wildman–Crippen LogP) is 0.827. The smallest absolute Gasteiger partial charge is 0.253 e. The van der Waals surface area contributed by atoms with E-state index in [0.717, 1.165) is 5.69 Å². The molecule has 0 aliphatic heterocycles. The van der Waals surface area contributed by atoms with Gasteiger partial charge in [0.25, 0.3) is 5.91 Å². The van der Waals surface area contributed by atoms with Crippen LogP contribution in [0.2, 0.25) is 0 Å². The second-order valence-electron chi connectivity index (χ2n) is 5.24. The molecule has 122 valence electrons. The van der Waals surface area contributed by atoms with Crippen LogP contribution in [-0.4, -0.2) is 42.3 Å². The first-order chi connectivity index (χ1) is 10.8. The number of carbonyl (C=O) groups is 1. The van der Waals surface area contributed by atoms with Crippen LogP contribution in [0.15, 0.2) is 47.8 Å². The molecule has 1 aromatic carbocycles. The third kappa shape index (κ3) is 4.33. The molecule has 1 amide bonds. The number of sulfonamides is 1. The fourth-order valence-electron chi connectivity index (χ4n) is 2.07. The Bertz CT molecular complexity index is 776. The van der Waals surface area contributed by atoms with Crippen LogP contribution in [0.5, 0.6) is 0 Å². The molecule has 0 aliphatic carbocycles. The minimum atomic E-state index is -3.76. The van der Waals surface area contributed by atoms with E-state index < -0.39 is 10.0 Å². The maximum atomic E-state index is 12.4. The Kier molecular flexibility index (Phi) is 5.07. The molecule has 2 N–H and O–H groups in total. The molecular formula is C15H18N4O3S. The van der Waals surface area contributed by atoms with E-state index in [2.05, 4.69) is 9.97 Å². The maximum absolute atomic E-state index is 12.4. The van der Waals surface area contributed by atoms with Crippen LogP contribution in [0.4, 0.5) is 0 Å². The predicted molar refractivity (Wildman–Crippen MR) is 85.1 cm³/mol. The number of hydrogen-bond donors (Lipinski definition) is 1. The number of likely N-dealkylation sites (N-methyl/N-ethyl adjacent to an activating group) is 1. The van der Waals surface area contributed by atoms with E-state index >= 15 is 0 Å². The number of aromatic nitrogens is 2. The molecule has 8 heteroatoms. The average molecular weight is 334 g/mol. The standard InChI is InChI=1S/C15H18N4O3S/c1-11(9-13-10-17-7-8-18-13)19(2)15(20)12-3-5-14(6-4-12)23(16,21)22/h3-8,10-11H,9H2,1-2H3,(H2,16,21,22)/t11-/m1/s1. The minimum absolute atomic E-state index is 0.0238. The van der Waals surface area contributed by atoms with Gasteiger partial charge in [-0.3, -0.25) is 14.8 Å². The second kappa shape index (κ2) is 6.84. The van der Waals surface area contributed by atoms with Gasteiger partial charge in [-0.15, -0.1) is 0 Å². The number of nitrogens with two attached hydrogens (primary N) is 1. The second-order valence-corrected chi connectivity index (χ2v) is 6.80. The largest absolute Gasteiger partial charge is 0.339 e. The third-order valence-electron chi connectivity index (χ3n) is 3.53. The zero-order valence-electron chi connectivity index (χ0n) is 12.9. The van der Waals surface area contributed by atoms with Crippen molar-refractivity contribution in [3.05, 3.63) is 54.1 Å². The van der Waals surface area contributed by atoms with Crippen LogP contribution in [0.1, 0.15) is 23.0 Å². The monoisotopic (exact) mass is 334 g/mol. The highest BCUT2D eigenvalue weighted by Gasteiger charge is 2.19. The van der Waals surface area contributed by atoms with Crippen molar-refractivity contribution in [2.45, 2.75) is 24.3 Å². The maximum Gasteiger partial charge on any atom is 0.253 e. The van der Waals surface area contributed by atoms with Crippen LogP contribution in [0.25, 0.3) is 0 Å². The van der Waals surface area contributed by atoms with Crippen LogP contribution >= 0.6 is 0 Å². The summed E-state index contributed by atoms with van der Waals surface area (Å²) in [4.78, 5) is 22.2. The number of amides is 1. The molecule has 0 fully saturated rings. The number of primary sulfonamides is 1. The quantitative estimate of drug-likeness (QED) is 0.871. The Labute approximate surface area is 135 Å². The first-order valence-corrected chi connectivity index (χ1v) is 8.48. The van der Waals surface area contributed by atoms with E-state index in [9.17, 15) is 13.2 Å². The van der Waals surface area contributed by atoms with Crippen molar-refractivity contribution in [1.29, 1.82) is 0 Å². The van der Waals surface area contributed by atoms with E-state index in [1.54, 1.807) is 30.5 Å². The normalized spacial score (nSPS) is 12.7. The average Bonchev–Trinajstić information content (AvgIpc) is 2.53. The Morgan fingerprint density at radius 3 is 2.43 bits per heavy atom. The van der Waals surface area contributed by atoms with Crippen LogP contribution in [0, 0.1) is 0 Å². The summed E-state index contributed by atoms with van der Waals surface area (Å²) >= 11 is 0. The number of carbonyl (C=O) groups excluding carboxylic acids is 1. The topological polar surface area (TPSA) is 106 Å². The van der Waals surface area contributed by atoms with E-state index in [4.69, 9.17) is 5.14 Å². The lowest BCUT2D eigenvalue weighted by Gasteiger charge is -2.24. The summed E-state index contributed by atoms with van der Waals surface area (Å²) in [7, 11) is -2.07. The first-order valence-electron chi connectivity index (χ1n) is 6.94. The molecule has 7 nitrogen and oxygen atoms in total. The van der Waals surface area contributed by atoms with Crippen molar-refractivity contribution in [2.24, 2.45) is 5.14 Å².